The highest BCUT2D eigenvalue weighted by molar-refractivity contribution is 5.73. The molecule has 110 valence electrons. The predicted molar refractivity (Wildman–Crippen MR) is 92.9 cm³/mol. The highest BCUT2D eigenvalue weighted by Crippen LogP contribution is 2.28. The molecule has 0 amide bonds. The van der Waals surface area contributed by atoms with Crippen molar-refractivity contribution < 1.29 is 4.74 Å². The van der Waals surface area contributed by atoms with Crippen LogP contribution in [-0.4, -0.2) is 7.11 Å². The van der Waals surface area contributed by atoms with Gasteiger partial charge in [0.1, 0.15) is 5.75 Å². The fourth-order valence-electron chi connectivity index (χ4n) is 2.40. The van der Waals surface area contributed by atoms with Gasteiger partial charge in [-0.2, -0.15) is 0 Å². The number of benzene rings is 3. The van der Waals surface area contributed by atoms with Crippen molar-refractivity contribution in [3.63, 3.8) is 0 Å². The molecule has 0 saturated carbocycles. The van der Waals surface area contributed by atoms with Gasteiger partial charge in [0.25, 0.3) is 0 Å². The van der Waals surface area contributed by atoms with E-state index >= 15 is 0 Å². The Bertz CT molecular complexity index is 748. The maximum Gasteiger partial charge on any atom is 0.119 e. The molecule has 3 aromatic rings. The van der Waals surface area contributed by atoms with Crippen LogP contribution >= 0.6 is 0 Å². The lowest BCUT2D eigenvalue weighted by Gasteiger charge is -2.12. The molecule has 2 nitrogen and oxygen atoms in total. The molecule has 0 atom stereocenters. The van der Waals surface area contributed by atoms with Crippen molar-refractivity contribution in [1.82, 2.24) is 0 Å². The Morgan fingerprint density at radius 3 is 2.18 bits per heavy atom. The summed E-state index contributed by atoms with van der Waals surface area (Å²) in [6.45, 7) is 2.11. The molecule has 0 fully saturated rings. The van der Waals surface area contributed by atoms with Crippen LogP contribution in [0.25, 0.3) is 11.1 Å². The Labute approximate surface area is 131 Å². The summed E-state index contributed by atoms with van der Waals surface area (Å²) in [5.74, 6) is 0.861. The topological polar surface area (TPSA) is 21.3 Å². The Morgan fingerprint density at radius 2 is 1.50 bits per heavy atom. The van der Waals surface area contributed by atoms with Crippen molar-refractivity contribution in [2.45, 2.75) is 6.92 Å². The highest BCUT2D eigenvalue weighted by Gasteiger charge is 2.03. The van der Waals surface area contributed by atoms with Gasteiger partial charge >= 0.3 is 0 Å². The normalized spacial score (nSPS) is 10.3. The van der Waals surface area contributed by atoms with E-state index in [0.29, 0.717) is 0 Å². The number of rotatable bonds is 4. The van der Waals surface area contributed by atoms with Gasteiger partial charge in [-0.05, 0) is 53.9 Å². The molecule has 0 aliphatic carbocycles. The molecule has 2 heteroatoms. The number of ether oxygens (including phenoxy) is 1. The lowest BCUT2D eigenvalue weighted by Crippen LogP contribution is -1.94. The number of aryl methyl sites for hydroxylation is 1. The molecule has 0 bridgehead atoms. The molecular weight excluding hydrogens is 270 g/mol. The first-order valence-electron chi connectivity index (χ1n) is 7.33. The molecule has 1 N–H and O–H groups in total. The van der Waals surface area contributed by atoms with E-state index in [1.54, 1.807) is 7.11 Å². The largest absolute Gasteiger partial charge is 0.497 e. The molecule has 3 rings (SSSR count). The third-order valence-corrected chi connectivity index (χ3v) is 3.71. The van der Waals surface area contributed by atoms with Crippen molar-refractivity contribution in [3.8, 4) is 16.9 Å². The molecule has 3 aromatic carbocycles. The summed E-state index contributed by atoms with van der Waals surface area (Å²) in [4.78, 5) is 0. The van der Waals surface area contributed by atoms with E-state index in [1.165, 1.54) is 16.7 Å². The SMILES string of the molecule is COc1ccc(Nc2cc(-c3ccccc3)ccc2C)cc1. The molecule has 0 spiro atoms. The molecule has 0 aromatic heterocycles. The van der Waals surface area contributed by atoms with Crippen LogP contribution in [0.5, 0.6) is 5.75 Å². The van der Waals surface area contributed by atoms with Crippen molar-refractivity contribution in [2.24, 2.45) is 0 Å². The average Bonchev–Trinajstić information content (AvgIpc) is 2.58. The summed E-state index contributed by atoms with van der Waals surface area (Å²) in [7, 11) is 1.68. The van der Waals surface area contributed by atoms with E-state index in [9.17, 15) is 0 Å². The quantitative estimate of drug-likeness (QED) is 0.693. The van der Waals surface area contributed by atoms with Gasteiger partial charge in [-0.15, -0.1) is 0 Å². The summed E-state index contributed by atoms with van der Waals surface area (Å²) < 4.78 is 5.19. The lowest BCUT2D eigenvalue weighted by atomic mass is 10.0. The van der Waals surface area contributed by atoms with E-state index < -0.39 is 0 Å². The zero-order valence-electron chi connectivity index (χ0n) is 12.8. The van der Waals surface area contributed by atoms with Crippen LogP contribution in [0, 0.1) is 6.92 Å². The molecular formula is C20H19NO. The van der Waals surface area contributed by atoms with E-state index in [0.717, 1.165) is 17.1 Å². The van der Waals surface area contributed by atoms with Crippen LogP contribution in [0.4, 0.5) is 11.4 Å². The van der Waals surface area contributed by atoms with E-state index in [-0.39, 0.29) is 0 Å². The maximum atomic E-state index is 5.19. The van der Waals surface area contributed by atoms with Crippen LogP contribution < -0.4 is 10.1 Å². The van der Waals surface area contributed by atoms with Gasteiger partial charge in [-0.1, -0.05) is 42.5 Å². The maximum absolute atomic E-state index is 5.19. The van der Waals surface area contributed by atoms with E-state index in [1.807, 2.05) is 30.3 Å². The number of anilines is 2. The Balaban J connectivity index is 1.89. The smallest absolute Gasteiger partial charge is 0.119 e. The standard InChI is InChI=1S/C20H19NO/c1-15-8-9-17(16-6-4-3-5-7-16)14-20(15)21-18-10-12-19(22-2)13-11-18/h3-14,21H,1-2H3. The van der Waals surface area contributed by atoms with Crippen LogP contribution in [0.3, 0.4) is 0 Å². The molecule has 22 heavy (non-hydrogen) atoms. The fraction of sp³-hybridized carbons (Fsp3) is 0.100. The second-order valence-corrected chi connectivity index (χ2v) is 5.25. The van der Waals surface area contributed by atoms with Crippen LogP contribution in [0.2, 0.25) is 0 Å². The summed E-state index contributed by atoms with van der Waals surface area (Å²) in [6, 6.07) is 24.9. The van der Waals surface area contributed by atoms with Crippen molar-refractivity contribution in [1.29, 1.82) is 0 Å². The Morgan fingerprint density at radius 1 is 0.773 bits per heavy atom. The summed E-state index contributed by atoms with van der Waals surface area (Å²) in [6.07, 6.45) is 0. The number of methoxy groups -OCH3 is 1. The second-order valence-electron chi connectivity index (χ2n) is 5.25. The van der Waals surface area contributed by atoms with Gasteiger partial charge in [0.2, 0.25) is 0 Å². The highest BCUT2D eigenvalue weighted by atomic mass is 16.5. The third kappa shape index (κ3) is 3.12. The lowest BCUT2D eigenvalue weighted by molar-refractivity contribution is 0.415. The zero-order chi connectivity index (χ0) is 15.4. The minimum atomic E-state index is 0.861. The van der Waals surface area contributed by atoms with Crippen molar-refractivity contribution >= 4 is 11.4 Å². The Kier molecular flexibility index (Phi) is 4.10. The van der Waals surface area contributed by atoms with Crippen molar-refractivity contribution in [3.05, 3.63) is 78.4 Å². The first kappa shape index (κ1) is 14.2. The second kappa shape index (κ2) is 6.35. The Hall–Kier alpha value is -2.74. The van der Waals surface area contributed by atoms with Gasteiger partial charge in [0, 0.05) is 11.4 Å². The fourth-order valence-corrected chi connectivity index (χ4v) is 2.40. The van der Waals surface area contributed by atoms with Crippen LogP contribution in [0.15, 0.2) is 72.8 Å². The van der Waals surface area contributed by atoms with Gasteiger partial charge < -0.3 is 10.1 Å². The summed E-state index contributed by atoms with van der Waals surface area (Å²) >= 11 is 0. The summed E-state index contributed by atoms with van der Waals surface area (Å²) in [5.41, 5.74) is 5.82. The predicted octanol–water partition coefficient (Wildman–Crippen LogP) is 5.41. The van der Waals surface area contributed by atoms with Gasteiger partial charge in [-0.3, -0.25) is 0 Å². The molecule has 0 unspecified atom stereocenters. The van der Waals surface area contributed by atoms with Crippen LogP contribution in [0.1, 0.15) is 5.56 Å². The monoisotopic (exact) mass is 289 g/mol. The van der Waals surface area contributed by atoms with Gasteiger partial charge in [0.05, 0.1) is 7.11 Å². The molecule has 0 heterocycles. The number of hydrogen-bond donors (Lipinski definition) is 1. The van der Waals surface area contributed by atoms with Gasteiger partial charge in [-0.25, -0.2) is 0 Å². The number of nitrogens with one attached hydrogen (secondary N) is 1. The molecule has 0 aliphatic heterocycles. The van der Waals surface area contributed by atoms with Crippen molar-refractivity contribution in [2.75, 3.05) is 12.4 Å². The third-order valence-electron chi connectivity index (χ3n) is 3.71. The number of hydrogen-bond acceptors (Lipinski definition) is 2. The van der Waals surface area contributed by atoms with E-state index in [2.05, 4.69) is 54.7 Å². The molecule has 0 aliphatic rings. The minimum Gasteiger partial charge on any atom is -0.497 e. The minimum absolute atomic E-state index is 0.861. The molecule has 0 radical (unpaired) electrons. The van der Waals surface area contributed by atoms with Crippen LogP contribution in [-0.2, 0) is 0 Å². The molecule has 0 saturated heterocycles. The first-order chi connectivity index (χ1) is 10.8. The van der Waals surface area contributed by atoms with E-state index in [4.69, 9.17) is 4.74 Å². The van der Waals surface area contributed by atoms with Gasteiger partial charge in [0.15, 0.2) is 0 Å². The average molecular weight is 289 g/mol. The zero-order valence-corrected chi connectivity index (χ0v) is 12.8. The first-order valence-corrected chi connectivity index (χ1v) is 7.33. The summed E-state index contributed by atoms with van der Waals surface area (Å²) in [5, 5.41) is 3.48.